The van der Waals surface area contributed by atoms with E-state index < -0.39 is 10.8 Å². The number of carbonyl (C=O) groups is 1. The fourth-order valence-electron chi connectivity index (χ4n) is 2.92. The van der Waals surface area contributed by atoms with Gasteiger partial charge in [-0.25, -0.2) is 4.98 Å². The summed E-state index contributed by atoms with van der Waals surface area (Å²) in [6.07, 6.45) is 0. The second-order valence-electron chi connectivity index (χ2n) is 6.85. The van der Waals surface area contributed by atoms with Crippen molar-refractivity contribution in [2.45, 2.75) is 0 Å². The van der Waals surface area contributed by atoms with Gasteiger partial charge in [-0.2, -0.15) is 0 Å². The van der Waals surface area contributed by atoms with Crippen LogP contribution in [0, 0.1) is 10.1 Å². The van der Waals surface area contributed by atoms with Crippen LogP contribution in [0.1, 0.15) is 10.4 Å². The summed E-state index contributed by atoms with van der Waals surface area (Å²) in [6.45, 7) is 0.852. The van der Waals surface area contributed by atoms with E-state index in [1.54, 1.807) is 0 Å². The summed E-state index contributed by atoms with van der Waals surface area (Å²) < 4.78 is 12.2. The number of rotatable bonds is 8. The number of nitrogens with zero attached hydrogens (tertiary/aromatic N) is 4. The van der Waals surface area contributed by atoms with Crippen molar-refractivity contribution >= 4 is 66.6 Å². The van der Waals surface area contributed by atoms with Crippen molar-refractivity contribution in [3.63, 3.8) is 0 Å². The molecule has 0 atom stereocenters. The van der Waals surface area contributed by atoms with Crippen molar-refractivity contribution < 1.29 is 19.2 Å². The number of likely N-dealkylation sites (N-methyl/N-ethyl adjacent to an activating group) is 1. The van der Waals surface area contributed by atoms with E-state index in [1.807, 2.05) is 37.2 Å². The Balaban J connectivity index is 0.00000363. The third-order valence-corrected chi connectivity index (χ3v) is 6.05. The Labute approximate surface area is 203 Å². The Hall–Kier alpha value is -2.47. The lowest BCUT2D eigenvalue weighted by Crippen LogP contribution is -2.37. The van der Waals surface area contributed by atoms with Crippen LogP contribution in [0.2, 0.25) is 0 Å². The van der Waals surface area contributed by atoms with Gasteiger partial charge in [-0.3, -0.25) is 19.8 Å². The molecule has 0 bridgehead atoms. The number of hydrogen-bond donors (Lipinski definition) is 0. The van der Waals surface area contributed by atoms with Gasteiger partial charge in [0.25, 0.3) is 11.6 Å². The number of ether oxygens (including phenoxy) is 2. The van der Waals surface area contributed by atoms with Crippen LogP contribution in [-0.4, -0.2) is 62.1 Å². The van der Waals surface area contributed by atoms with Crippen LogP contribution in [0.15, 0.2) is 34.8 Å². The molecule has 0 radical (unpaired) electrons. The summed E-state index contributed by atoms with van der Waals surface area (Å²) in [7, 11) is 6.56. The SMILES string of the molecule is COc1cc(C(=O)N(CCN(C)C)c2nc3ccc(Br)cc3s2)c([N+](=O)[O-])cc1OC.Cl. The van der Waals surface area contributed by atoms with Crippen LogP contribution in [0.25, 0.3) is 10.2 Å². The third-order valence-electron chi connectivity index (χ3n) is 4.52. The molecule has 3 rings (SSSR count). The normalized spacial score (nSPS) is 10.7. The summed E-state index contributed by atoms with van der Waals surface area (Å²) >= 11 is 4.79. The Kier molecular flexibility index (Phi) is 8.79. The van der Waals surface area contributed by atoms with Gasteiger partial charge in [0.1, 0.15) is 5.56 Å². The minimum Gasteiger partial charge on any atom is -0.493 e. The van der Waals surface area contributed by atoms with Crippen LogP contribution < -0.4 is 14.4 Å². The van der Waals surface area contributed by atoms with Crippen molar-refractivity contribution in [3.8, 4) is 11.5 Å². The molecule has 0 saturated heterocycles. The van der Waals surface area contributed by atoms with E-state index in [1.165, 1.54) is 42.6 Å². The maximum absolute atomic E-state index is 13.6. The quantitative estimate of drug-likeness (QED) is 0.301. The minimum absolute atomic E-state index is 0. The third kappa shape index (κ3) is 5.47. The van der Waals surface area contributed by atoms with E-state index >= 15 is 0 Å². The van der Waals surface area contributed by atoms with E-state index in [0.717, 1.165) is 14.7 Å². The first-order valence-electron chi connectivity index (χ1n) is 9.18. The van der Waals surface area contributed by atoms with Crippen molar-refractivity contribution in [1.29, 1.82) is 0 Å². The van der Waals surface area contributed by atoms with Gasteiger partial charge in [0.05, 0.1) is 35.4 Å². The zero-order valence-electron chi connectivity index (χ0n) is 17.8. The molecule has 0 N–H and O–H groups in total. The number of thiazole rings is 1. The van der Waals surface area contributed by atoms with Gasteiger partial charge in [-0.05, 0) is 32.3 Å². The number of halogens is 2. The number of nitro groups is 1. The van der Waals surface area contributed by atoms with E-state index in [4.69, 9.17) is 9.47 Å². The molecule has 9 nitrogen and oxygen atoms in total. The van der Waals surface area contributed by atoms with E-state index in [9.17, 15) is 14.9 Å². The molecular formula is C20H22BrClN4O5S. The van der Waals surface area contributed by atoms with Crippen LogP contribution in [0.3, 0.4) is 0 Å². The standard InChI is InChI=1S/C20H21BrN4O5S.ClH/c1-23(2)7-8-24(20-22-14-6-5-12(21)9-18(14)31-20)19(26)13-10-16(29-3)17(30-4)11-15(13)25(27)28;/h5-6,9-11H,7-8H2,1-4H3;1H. The van der Waals surface area contributed by atoms with Gasteiger partial charge in [0.15, 0.2) is 16.6 Å². The van der Waals surface area contributed by atoms with Gasteiger partial charge in [0, 0.05) is 23.6 Å². The fourth-order valence-corrected chi connectivity index (χ4v) is 4.46. The predicted octanol–water partition coefficient (Wildman–Crippen LogP) is 4.61. The molecule has 1 heterocycles. The lowest BCUT2D eigenvalue weighted by Gasteiger charge is -2.22. The molecule has 3 aromatic rings. The van der Waals surface area contributed by atoms with E-state index in [0.29, 0.717) is 18.2 Å². The Morgan fingerprint density at radius 1 is 1.16 bits per heavy atom. The van der Waals surface area contributed by atoms with Crippen molar-refractivity contribution in [2.24, 2.45) is 0 Å². The topological polar surface area (TPSA) is 98.0 Å². The number of fused-ring (bicyclic) bond motifs is 1. The fraction of sp³-hybridized carbons (Fsp3) is 0.300. The highest BCUT2D eigenvalue weighted by Gasteiger charge is 2.30. The maximum Gasteiger partial charge on any atom is 0.286 e. The number of amides is 1. The first-order chi connectivity index (χ1) is 14.7. The summed E-state index contributed by atoms with van der Waals surface area (Å²) in [5.74, 6) is -0.125. The molecule has 0 saturated carbocycles. The maximum atomic E-state index is 13.6. The molecule has 0 aliphatic heterocycles. The molecule has 0 aliphatic rings. The largest absolute Gasteiger partial charge is 0.493 e. The molecule has 0 spiro atoms. The molecule has 0 fully saturated rings. The molecule has 2 aromatic carbocycles. The molecular weight excluding hydrogens is 524 g/mol. The molecule has 32 heavy (non-hydrogen) atoms. The molecule has 172 valence electrons. The second-order valence-corrected chi connectivity index (χ2v) is 8.77. The number of nitro benzene ring substituents is 1. The van der Waals surface area contributed by atoms with Crippen molar-refractivity contribution in [1.82, 2.24) is 9.88 Å². The summed E-state index contributed by atoms with van der Waals surface area (Å²) in [4.78, 5) is 32.6. The Bertz CT molecular complexity index is 1140. The predicted molar refractivity (Wildman–Crippen MR) is 131 cm³/mol. The number of anilines is 1. The summed E-state index contributed by atoms with van der Waals surface area (Å²) in [5, 5.41) is 12.2. The smallest absolute Gasteiger partial charge is 0.286 e. The molecule has 1 aromatic heterocycles. The molecule has 1 amide bonds. The summed E-state index contributed by atoms with van der Waals surface area (Å²) in [6, 6.07) is 8.19. The first kappa shape index (κ1) is 25.8. The average Bonchev–Trinajstić information content (AvgIpc) is 3.14. The number of methoxy groups -OCH3 is 2. The lowest BCUT2D eigenvalue weighted by molar-refractivity contribution is -0.385. The molecule has 12 heteroatoms. The summed E-state index contributed by atoms with van der Waals surface area (Å²) in [5.41, 5.74) is 0.288. The van der Waals surface area contributed by atoms with Gasteiger partial charge >= 0.3 is 0 Å². The highest BCUT2D eigenvalue weighted by Crippen LogP contribution is 2.37. The Morgan fingerprint density at radius 3 is 2.41 bits per heavy atom. The number of benzene rings is 2. The van der Waals surface area contributed by atoms with E-state index in [-0.39, 0.29) is 35.2 Å². The van der Waals surface area contributed by atoms with Gasteiger partial charge < -0.3 is 14.4 Å². The highest BCUT2D eigenvalue weighted by atomic mass is 79.9. The van der Waals surface area contributed by atoms with Gasteiger partial charge in [0.2, 0.25) is 0 Å². The second kappa shape index (κ2) is 10.9. The van der Waals surface area contributed by atoms with Gasteiger partial charge in [-0.1, -0.05) is 27.3 Å². The first-order valence-corrected chi connectivity index (χ1v) is 10.8. The minimum atomic E-state index is -0.602. The van der Waals surface area contributed by atoms with Gasteiger partial charge in [-0.15, -0.1) is 12.4 Å². The van der Waals surface area contributed by atoms with Crippen LogP contribution in [0.4, 0.5) is 10.8 Å². The monoisotopic (exact) mass is 544 g/mol. The van der Waals surface area contributed by atoms with Crippen LogP contribution in [-0.2, 0) is 0 Å². The molecule has 0 unspecified atom stereocenters. The zero-order chi connectivity index (χ0) is 22.7. The lowest BCUT2D eigenvalue weighted by atomic mass is 10.1. The van der Waals surface area contributed by atoms with Crippen molar-refractivity contribution in [2.75, 3.05) is 46.3 Å². The highest BCUT2D eigenvalue weighted by molar-refractivity contribution is 9.10. The number of carbonyl (C=O) groups excluding carboxylic acids is 1. The Morgan fingerprint density at radius 2 is 1.81 bits per heavy atom. The average molecular weight is 546 g/mol. The van der Waals surface area contributed by atoms with Crippen LogP contribution in [0.5, 0.6) is 11.5 Å². The number of hydrogen-bond acceptors (Lipinski definition) is 8. The molecule has 0 aliphatic carbocycles. The van der Waals surface area contributed by atoms with E-state index in [2.05, 4.69) is 20.9 Å². The van der Waals surface area contributed by atoms with Crippen molar-refractivity contribution in [3.05, 3.63) is 50.5 Å². The van der Waals surface area contributed by atoms with Crippen LogP contribution >= 0.6 is 39.7 Å². The number of aromatic nitrogens is 1. The zero-order valence-corrected chi connectivity index (χ0v) is 21.0.